The molecule has 1 nitrogen and oxygen atoms in total. The maximum absolute atomic E-state index is 2.82. The molecule has 0 aromatic rings. The van der Waals surface area contributed by atoms with Crippen LogP contribution in [0.4, 0.5) is 0 Å². The summed E-state index contributed by atoms with van der Waals surface area (Å²) < 4.78 is 0. The van der Waals surface area contributed by atoms with E-state index in [0.29, 0.717) is 29.5 Å². The number of rotatable bonds is 3. The second kappa shape index (κ2) is 4.91. The van der Waals surface area contributed by atoms with E-state index < -0.39 is 0 Å². The summed E-state index contributed by atoms with van der Waals surface area (Å²) in [5, 5.41) is 0. The smallest absolute Gasteiger partial charge is 0.0233 e. The van der Waals surface area contributed by atoms with Crippen molar-refractivity contribution in [2.45, 2.75) is 79.9 Å². The lowest BCUT2D eigenvalue weighted by Gasteiger charge is -2.50. The molecule has 0 N–H and O–H groups in total. The van der Waals surface area contributed by atoms with Crippen molar-refractivity contribution in [1.29, 1.82) is 0 Å². The first-order valence-corrected chi connectivity index (χ1v) is 7.44. The van der Waals surface area contributed by atoms with Gasteiger partial charge in [0, 0.05) is 17.6 Å². The SMILES string of the molecule is CC(C)C(C)(C(C)C)N1[C@H](C)[C@H](C)[C@H](C)[C@@H]1C. The fraction of sp³-hybridized carbons (Fsp3) is 1.00. The van der Waals surface area contributed by atoms with E-state index in [2.05, 4.69) is 67.2 Å². The van der Waals surface area contributed by atoms with E-state index in [4.69, 9.17) is 0 Å². The number of hydrogen-bond acceptors (Lipinski definition) is 1. The van der Waals surface area contributed by atoms with Gasteiger partial charge in [0.15, 0.2) is 0 Å². The molecule has 1 fully saturated rings. The van der Waals surface area contributed by atoms with Crippen molar-refractivity contribution in [2.75, 3.05) is 0 Å². The Morgan fingerprint density at radius 2 is 1.06 bits per heavy atom. The van der Waals surface area contributed by atoms with Crippen LogP contribution in [-0.4, -0.2) is 22.5 Å². The highest BCUT2D eigenvalue weighted by atomic mass is 15.3. The molecule has 1 saturated heterocycles. The predicted octanol–water partition coefficient (Wildman–Crippen LogP) is 4.42. The summed E-state index contributed by atoms with van der Waals surface area (Å²) in [6.45, 7) is 21.7. The molecular formula is C16H33N. The standard InChI is InChI=1S/C16H33N/c1-10(2)16(9,11(3)4)17-14(7)12(5)13(6)15(17)8/h10-15H,1-9H3/t12-,13+,14-,15+. The van der Waals surface area contributed by atoms with Crippen LogP contribution in [0.3, 0.4) is 0 Å². The van der Waals surface area contributed by atoms with Gasteiger partial charge >= 0.3 is 0 Å². The molecule has 0 aliphatic carbocycles. The van der Waals surface area contributed by atoms with E-state index in [1.54, 1.807) is 0 Å². The molecule has 0 bridgehead atoms. The number of likely N-dealkylation sites (tertiary alicyclic amines) is 1. The molecule has 0 radical (unpaired) electrons. The van der Waals surface area contributed by atoms with Gasteiger partial charge in [-0.1, -0.05) is 41.5 Å². The Hall–Kier alpha value is -0.0400. The Labute approximate surface area is 109 Å². The van der Waals surface area contributed by atoms with Crippen molar-refractivity contribution in [1.82, 2.24) is 4.90 Å². The summed E-state index contributed by atoms with van der Waals surface area (Å²) in [5.41, 5.74) is 0.317. The van der Waals surface area contributed by atoms with Crippen LogP contribution in [0, 0.1) is 23.7 Å². The normalized spacial score (nSPS) is 36.2. The molecule has 0 unspecified atom stereocenters. The van der Waals surface area contributed by atoms with Gasteiger partial charge in [-0.3, -0.25) is 4.90 Å². The molecule has 4 atom stereocenters. The second-order valence-corrected chi connectivity index (χ2v) is 7.14. The van der Waals surface area contributed by atoms with Crippen molar-refractivity contribution in [3.05, 3.63) is 0 Å². The quantitative estimate of drug-likeness (QED) is 0.704. The summed E-state index contributed by atoms with van der Waals surface area (Å²) in [6.07, 6.45) is 0. The van der Waals surface area contributed by atoms with Crippen molar-refractivity contribution in [3.8, 4) is 0 Å². The lowest BCUT2D eigenvalue weighted by Crippen LogP contribution is -2.58. The molecule has 0 aromatic carbocycles. The van der Waals surface area contributed by atoms with Crippen molar-refractivity contribution >= 4 is 0 Å². The summed E-state index contributed by atoms with van der Waals surface area (Å²) in [4.78, 5) is 2.82. The van der Waals surface area contributed by atoms with Crippen LogP contribution in [0.15, 0.2) is 0 Å². The molecular weight excluding hydrogens is 206 g/mol. The van der Waals surface area contributed by atoms with E-state index in [0.717, 1.165) is 11.8 Å². The van der Waals surface area contributed by atoms with Crippen molar-refractivity contribution < 1.29 is 0 Å². The third-order valence-corrected chi connectivity index (χ3v) is 6.12. The van der Waals surface area contributed by atoms with Gasteiger partial charge in [0.05, 0.1) is 0 Å². The van der Waals surface area contributed by atoms with Crippen LogP contribution in [-0.2, 0) is 0 Å². The van der Waals surface area contributed by atoms with Gasteiger partial charge in [-0.15, -0.1) is 0 Å². The van der Waals surface area contributed by atoms with Crippen molar-refractivity contribution in [2.24, 2.45) is 23.7 Å². The zero-order chi connectivity index (χ0) is 13.5. The van der Waals surface area contributed by atoms with Crippen LogP contribution in [0.2, 0.25) is 0 Å². The van der Waals surface area contributed by atoms with E-state index in [-0.39, 0.29) is 0 Å². The Morgan fingerprint density at radius 3 is 1.29 bits per heavy atom. The highest BCUT2D eigenvalue weighted by molar-refractivity contribution is 5.03. The van der Waals surface area contributed by atoms with E-state index in [9.17, 15) is 0 Å². The summed E-state index contributed by atoms with van der Waals surface area (Å²) in [5.74, 6) is 3.01. The van der Waals surface area contributed by atoms with Crippen molar-refractivity contribution in [3.63, 3.8) is 0 Å². The molecule has 0 aromatic heterocycles. The lowest BCUT2D eigenvalue weighted by molar-refractivity contribution is -0.0176. The Kier molecular flexibility index (Phi) is 4.34. The van der Waals surface area contributed by atoms with Gasteiger partial charge in [-0.05, 0) is 44.4 Å². The minimum atomic E-state index is 0.317. The van der Waals surface area contributed by atoms with Crippen LogP contribution >= 0.6 is 0 Å². The molecule has 0 saturated carbocycles. The minimum absolute atomic E-state index is 0.317. The minimum Gasteiger partial charge on any atom is -0.292 e. The average Bonchev–Trinajstić information content (AvgIpc) is 2.42. The third kappa shape index (κ3) is 2.16. The molecule has 0 amide bonds. The van der Waals surface area contributed by atoms with Gasteiger partial charge in [0.25, 0.3) is 0 Å². The second-order valence-electron chi connectivity index (χ2n) is 7.14. The van der Waals surface area contributed by atoms with Crippen LogP contribution < -0.4 is 0 Å². The first kappa shape index (κ1) is 15.0. The van der Waals surface area contributed by atoms with E-state index in [1.165, 1.54) is 0 Å². The molecule has 1 heterocycles. The van der Waals surface area contributed by atoms with Gasteiger partial charge in [-0.25, -0.2) is 0 Å². The average molecular weight is 239 g/mol. The summed E-state index contributed by atoms with van der Waals surface area (Å²) in [6, 6.07) is 1.41. The third-order valence-electron chi connectivity index (χ3n) is 6.12. The molecule has 1 rings (SSSR count). The zero-order valence-electron chi connectivity index (χ0n) is 13.4. The van der Waals surface area contributed by atoms with Gasteiger partial charge in [0.2, 0.25) is 0 Å². The first-order valence-electron chi connectivity index (χ1n) is 7.44. The van der Waals surface area contributed by atoms with E-state index >= 15 is 0 Å². The maximum Gasteiger partial charge on any atom is 0.0233 e. The number of hydrogen-bond donors (Lipinski definition) is 0. The highest BCUT2D eigenvalue weighted by Gasteiger charge is 2.50. The van der Waals surface area contributed by atoms with Gasteiger partial charge in [0.1, 0.15) is 0 Å². The fourth-order valence-corrected chi connectivity index (χ4v) is 3.90. The molecule has 0 spiro atoms. The van der Waals surface area contributed by atoms with Crippen LogP contribution in [0.5, 0.6) is 0 Å². The Morgan fingerprint density at radius 1 is 0.765 bits per heavy atom. The Bertz CT molecular complexity index is 234. The monoisotopic (exact) mass is 239 g/mol. The summed E-state index contributed by atoms with van der Waals surface area (Å²) >= 11 is 0. The summed E-state index contributed by atoms with van der Waals surface area (Å²) in [7, 11) is 0. The zero-order valence-corrected chi connectivity index (χ0v) is 13.4. The first-order chi connectivity index (χ1) is 7.65. The maximum atomic E-state index is 2.82. The highest BCUT2D eigenvalue weighted by Crippen LogP contribution is 2.44. The largest absolute Gasteiger partial charge is 0.292 e. The van der Waals surface area contributed by atoms with Gasteiger partial charge < -0.3 is 0 Å². The van der Waals surface area contributed by atoms with E-state index in [1.807, 2.05) is 0 Å². The topological polar surface area (TPSA) is 3.24 Å². The Balaban J connectivity index is 3.12. The van der Waals surface area contributed by atoms with Gasteiger partial charge in [-0.2, -0.15) is 0 Å². The molecule has 102 valence electrons. The molecule has 1 aliphatic heterocycles. The molecule has 1 aliphatic rings. The van der Waals surface area contributed by atoms with Crippen LogP contribution in [0.1, 0.15) is 62.3 Å². The molecule has 17 heavy (non-hydrogen) atoms. The fourth-order valence-electron chi connectivity index (χ4n) is 3.90. The predicted molar refractivity (Wildman–Crippen MR) is 77.2 cm³/mol. The van der Waals surface area contributed by atoms with Crippen LogP contribution in [0.25, 0.3) is 0 Å². The number of nitrogens with zero attached hydrogens (tertiary/aromatic N) is 1. The molecule has 1 heteroatoms. The lowest BCUT2D eigenvalue weighted by atomic mass is 9.76.